The van der Waals surface area contributed by atoms with Gasteiger partial charge < -0.3 is 4.42 Å². The van der Waals surface area contributed by atoms with Crippen LogP contribution in [-0.4, -0.2) is 9.49 Å². The molecule has 0 unspecified atom stereocenters. The van der Waals surface area contributed by atoms with E-state index < -0.39 is 0 Å². The van der Waals surface area contributed by atoms with Crippen molar-refractivity contribution in [3.8, 4) is 11.3 Å². The first-order valence-corrected chi connectivity index (χ1v) is 14.6. The van der Waals surface area contributed by atoms with Crippen LogP contribution >= 0.6 is 22.7 Å². The number of nitrogens with zero attached hydrogens (tertiary/aromatic N) is 3. The van der Waals surface area contributed by atoms with Gasteiger partial charge in [0.15, 0.2) is 4.80 Å². The minimum absolute atomic E-state index is 0.0559. The molecule has 40 heavy (non-hydrogen) atoms. The summed E-state index contributed by atoms with van der Waals surface area (Å²) in [4.78, 5) is 31.9. The minimum atomic E-state index is -0.377. The summed E-state index contributed by atoms with van der Waals surface area (Å²) in [6, 6.07) is 19.3. The highest BCUT2D eigenvalue weighted by atomic mass is 32.1. The zero-order valence-electron chi connectivity index (χ0n) is 21.7. The lowest BCUT2D eigenvalue weighted by Gasteiger charge is -2.30. The summed E-state index contributed by atoms with van der Waals surface area (Å²) in [7, 11) is 0. The van der Waals surface area contributed by atoms with Gasteiger partial charge in [-0.3, -0.25) is 19.5 Å². The first-order chi connectivity index (χ1) is 19.4. The SMILES string of the molecule is Cc1cc(-c2ccc(/C=c3/sc4n(c3=O)[C@@H](c3cccs3)C3=C(N=4)c4ccccc4CC3)o2)cc([N+](=O)[O-])c1C. The summed E-state index contributed by atoms with van der Waals surface area (Å²) in [6.07, 6.45) is 3.51. The molecule has 7 rings (SSSR count). The average Bonchev–Trinajstić information content (AvgIpc) is 3.71. The van der Waals surface area contributed by atoms with Gasteiger partial charge >= 0.3 is 0 Å². The van der Waals surface area contributed by atoms with Crippen LogP contribution in [0.25, 0.3) is 23.1 Å². The van der Waals surface area contributed by atoms with Crippen LogP contribution in [0.2, 0.25) is 0 Å². The molecule has 2 aromatic carbocycles. The number of nitro benzene ring substituents is 1. The van der Waals surface area contributed by atoms with Crippen molar-refractivity contribution in [2.24, 2.45) is 4.99 Å². The average molecular weight is 566 g/mol. The van der Waals surface area contributed by atoms with Crippen LogP contribution in [-0.2, 0) is 6.42 Å². The highest BCUT2D eigenvalue weighted by molar-refractivity contribution is 7.10. The third-order valence-corrected chi connectivity index (χ3v) is 9.61. The molecule has 0 saturated heterocycles. The fraction of sp³-hybridized carbons (Fsp3) is 0.161. The van der Waals surface area contributed by atoms with Crippen molar-refractivity contribution < 1.29 is 9.34 Å². The smallest absolute Gasteiger partial charge is 0.273 e. The molecule has 2 aliphatic rings. The topological polar surface area (TPSA) is 90.6 Å². The highest BCUT2D eigenvalue weighted by Crippen LogP contribution is 2.42. The predicted octanol–water partition coefficient (Wildman–Crippen LogP) is 6.17. The van der Waals surface area contributed by atoms with E-state index in [-0.39, 0.29) is 22.2 Å². The molecule has 0 N–H and O–H groups in total. The van der Waals surface area contributed by atoms with Gasteiger partial charge in [0.25, 0.3) is 11.2 Å². The summed E-state index contributed by atoms with van der Waals surface area (Å²) < 4.78 is 8.43. The van der Waals surface area contributed by atoms with Crippen LogP contribution < -0.4 is 14.9 Å². The van der Waals surface area contributed by atoms with Gasteiger partial charge in [0.05, 0.1) is 21.2 Å². The van der Waals surface area contributed by atoms with Crippen molar-refractivity contribution in [3.05, 3.63) is 134 Å². The Labute approximate surface area is 236 Å². The molecule has 0 radical (unpaired) electrons. The van der Waals surface area contributed by atoms with Gasteiger partial charge in [-0.1, -0.05) is 41.7 Å². The lowest BCUT2D eigenvalue weighted by Crippen LogP contribution is -2.38. The van der Waals surface area contributed by atoms with Crippen molar-refractivity contribution in [2.45, 2.75) is 32.7 Å². The molecule has 0 fully saturated rings. The van der Waals surface area contributed by atoms with E-state index in [1.54, 1.807) is 36.5 Å². The highest BCUT2D eigenvalue weighted by Gasteiger charge is 2.33. The molecule has 5 aromatic rings. The van der Waals surface area contributed by atoms with Crippen LogP contribution in [0.4, 0.5) is 5.69 Å². The number of hydrogen-bond acceptors (Lipinski definition) is 7. The van der Waals surface area contributed by atoms with Gasteiger partial charge in [0.2, 0.25) is 0 Å². The molecule has 9 heteroatoms. The van der Waals surface area contributed by atoms with Gasteiger partial charge in [0, 0.05) is 33.7 Å². The number of rotatable bonds is 4. The van der Waals surface area contributed by atoms with Crippen molar-refractivity contribution in [2.75, 3.05) is 0 Å². The van der Waals surface area contributed by atoms with Crippen LogP contribution in [0.5, 0.6) is 0 Å². The molecule has 0 saturated carbocycles. The number of hydrogen-bond donors (Lipinski definition) is 0. The van der Waals surface area contributed by atoms with Gasteiger partial charge in [-0.2, -0.15) is 0 Å². The fourth-order valence-corrected chi connectivity index (χ4v) is 7.43. The number of allylic oxidation sites excluding steroid dienone is 1. The third kappa shape index (κ3) is 3.92. The lowest BCUT2D eigenvalue weighted by atomic mass is 9.85. The summed E-state index contributed by atoms with van der Waals surface area (Å²) in [6.45, 7) is 3.59. The number of furan rings is 1. The Hall–Kier alpha value is -4.34. The summed E-state index contributed by atoms with van der Waals surface area (Å²) in [5.74, 6) is 1.01. The van der Waals surface area contributed by atoms with E-state index >= 15 is 0 Å². The summed E-state index contributed by atoms with van der Waals surface area (Å²) >= 11 is 3.00. The van der Waals surface area contributed by atoms with Crippen LogP contribution in [0, 0.1) is 24.0 Å². The Kier molecular flexibility index (Phi) is 5.80. The number of fused-ring (bicyclic) bond motifs is 3. The molecule has 0 amide bonds. The molecule has 3 aromatic heterocycles. The molecule has 4 heterocycles. The molecular formula is C31H23N3O4S2. The van der Waals surface area contributed by atoms with E-state index in [2.05, 4.69) is 24.3 Å². The molecule has 1 aliphatic heterocycles. The minimum Gasteiger partial charge on any atom is -0.457 e. The van der Waals surface area contributed by atoms with Crippen molar-refractivity contribution in [1.29, 1.82) is 0 Å². The monoisotopic (exact) mass is 565 g/mol. The third-order valence-electron chi connectivity index (χ3n) is 7.71. The maximum absolute atomic E-state index is 13.9. The standard InChI is InChI=1S/C31H23N3O4S2/c1-17-14-20(15-24(18(17)2)34(36)37)25-12-10-21(38-25)16-27-30(35)33-29(26-8-5-13-39-26)23-11-9-19-6-3-4-7-22(19)28(23)32-31(33)40-27/h3-8,10,12-16,29H,9,11H2,1-2H3/b27-16+/t29-/m1/s1. The predicted molar refractivity (Wildman–Crippen MR) is 157 cm³/mol. The van der Waals surface area contributed by atoms with Crippen LogP contribution in [0.15, 0.2) is 85.8 Å². The molecule has 1 aliphatic carbocycles. The first kappa shape index (κ1) is 24.7. The van der Waals surface area contributed by atoms with Crippen LogP contribution in [0.1, 0.15) is 45.4 Å². The quantitative estimate of drug-likeness (QED) is 0.193. The molecule has 0 spiro atoms. The first-order valence-electron chi connectivity index (χ1n) is 12.9. The lowest BCUT2D eigenvalue weighted by molar-refractivity contribution is -0.385. The fourth-order valence-electron chi connectivity index (χ4n) is 5.61. The zero-order valence-corrected chi connectivity index (χ0v) is 23.3. The summed E-state index contributed by atoms with van der Waals surface area (Å²) in [5, 5.41) is 13.6. The Balaban J connectivity index is 1.36. The van der Waals surface area contributed by atoms with E-state index in [1.807, 2.05) is 35.1 Å². The second-order valence-corrected chi connectivity index (χ2v) is 12.0. The molecule has 7 nitrogen and oxygen atoms in total. The van der Waals surface area contributed by atoms with Gasteiger partial charge in [-0.25, -0.2) is 4.99 Å². The van der Waals surface area contributed by atoms with Crippen molar-refractivity contribution in [1.82, 2.24) is 4.57 Å². The van der Waals surface area contributed by atoms with Gasteiger partial charge in [0.1, 0.15) is 11.5 Å². The number of benzene rings is 2. The van der Waals surface area contributed by atoms with Gasteiger partial charge in [-0.15, -0.1) is 11.3 Å². The maximum Gasteiger partial charge on any atom is 0.273 e. The largest absolute Gasteiger partial charge is 0.457 e. The molecule has 1 atom stereocenters. The number of thiazole rings is 1. The van der Waals surface area contributed by atoms with Crippen molar-refractivity contribution >= 4 is 40.1 Å². The normalized spacial score (nSPS) is 16.4. The van der Waals surface area contributed by atoms with E-state index in [0.717, 1.165) is 34.5 Å². The zero-order chi connectivity index (χ0) is 27.5. The van der Waals surface area contributed by atoms with E-state index in [9.17, 15) is 14.9 Å². The van der Waals surface area contributed by atoms with Crippen LogP contribution in [0.3, 0.4) is 0 Å². The molecule has 0 bridgehead atoms. The van der Waals surface area contributed by atoms with Crippen molar-refractivity contribution in [3.63, 3.8) is 0 Å². The summed E-state index contributed by atoms with van der Waals surface area (Å²) in [5.41, 5.74) is 6.60. The second-order valence-electron chi connectivity index (χ2n) is 10.0. The van der Waals surface area contributed by atoms with E-state index in [4.69, 9.17) is 9.41 Å². The number of thiophene rings is 1. The second kappa shape index (κ2) is 9.39. The number of aryl methyl sites for hydroxylation is 2. The Morgan fingerprint density at radius 3 is 2.75 bits per heavy atom. The molecular weight excluding hydrogens is 542 g/mol. The van der Waals surface area contributed by atoms with Gasteiger partial charge in [-0.05, 0) is 73.0 Å². The molecule has 198 valence electrons. The Morgan fingerprint density at radius 2 is 1.95 bits per heavy atom. The number of nitro groups is 1. The Bertz CT molecular complexity index is 2040. The van der Waals surface area contributed by atoms with E-state index in [1.165, 1.54) is 28.5 Å². The Morgan fingerprint density at radius 1 is 1.10 bits per heavy atom. The maximum atomic E-state index is 13.9. The van der Waals surface area contributed by atoms with E-state index in [0.29, 0.717) is 32.0 Å². The number of aromatic nitrogens is 1.